The summed E-state index contributed by atoms with van der Waals surface area (Å²) >= 11 is 0. The second-order valence-electron chi connectivity index (χ2n) is 4.58. The van der Waals surface area contributed by atoms with Gasteiger partial charge in [-0.2, -0.15) is 0 Å². The van der Waals surface area contributed by atoms with Gasteiger partial charge < -0.3 is 10.6 Å². The summed E-state index contributed by atoms with van der Waals surface area (Å²) in [5.41, 5.74) is 7.34. The molecule has 0 radical (unpaired) electrons. The summed E-state index contributed by atoms with van der Waals surface area (Å²) in [4.78, 5) is 2.53. The normalized spacial score (nSPS) is 22.3. The third-order valence-electron chi connectivity index (χ3n) is 3.12. The van der Waals surface area contributed by atoms with Gasteiger partial charge in [0.25, 0.3) is 0 Å². The maximum absolute atomic E-state index is 12.1. The number of aryl methyl sites for hydroxylation is 1. The molecule has 1 atom stereocenters. The number of hydrogen-bond acceptors (Lipinski definition) is 4. The second kappa shape index (κ2) is 4.31. The molecule has 0 aliphatic carbocycles. The maximum Gasteiger partial charge on any atom is 0.182 e. The van der Waals surface area contributed by atoms with E-state index >= 15 is 0 Å². The van der Waals surface area contributed by atoms with E-state index in [1.54, 1.807) is 6.07 Å². The van der Waals surface area contributed by atoms with Crippen LogP contribution in [0.15, 0.2) is 23.1 Å². The highest BCUT2D eigenvalue weighted by Crippen LogP contribution is 2.33. The third kappa shape index (κ3) is 2.17. The molecule has 2 N–H and O–H groups in total. The molecule has 1 heterocycles. The van der Waals surface area contributed by atoms with E-state index in [0.29, 0.717) is 18.0 Å². The number of benzene rings is 1. The van der Waals surface area contributed by atoms with Crippen molar-refractivity contribution in [1.29, 1.82) is 0 Å². The highest BCUT2D eigenvalue weighted by atomic mass is 32.2. The van der Waals surface area contributed by atoms with Crippen molar-refractivity contribution in [3.63, 3.8) is 0 Å². The monoisotopic (exact) mass is 254 g/mol. The van der Waals surface area contributed by atoms with Crippen LogP contribution in [0.25, 0.3) is 0 Å². The Morgan fingerprint density at radius 2 is 2.18 bits per heavy atom. The van der Waals surface area contributed by atoms with Gasteiger partial charge in [-0.05, 0) is 31.5 Å². The Balaban J connectivity index is 2.59. The lowest BCUT2D eigenvalue weighted by atomic mass is 10.2. The zero-order valence-electron chi connectivity index (χ0n) is 10.2. The van der Waals surface area contributed by atoms with E-state index in [-0.39, 0.29) is 11.8 Å². The van der Waals surface area contributed by atoms with Gasteiger partial charge >= 0.3 is 0 Å². The van der Waals surface area contributed by atoms with Gasteiger partial charge in [-0.1, -0.05) is 6.07 Å². The van der Waals surface area contributed by atoms with Crippen LogP contribution in [0, 0.1) is 6.92 Å². The molecule has 0 spiro atoms. The Morgan fingerprint density at radius 3 is 2.82 bits per heavy atom. The number of nitrogens with two attached hydrogens (primary N) is 1. The topological polar surface area (TPSA) is 63.4 Å². The number of sulfone groups is 1. The Labute approximate surface area is 102 Å². The molecular weight excluding hydrogens is 236 g/mol. The molecule has 1 unspecified atom stereocenters. The number of nitrogens with zero attached hydrogens (tertiary/aromatic N) is 1. The van der Waals surface area contributed by atoms with E-state index in [1.165, 1.54) is 0 Å². The van der Waals surface area contributed by atoms with E-state index in [2.05, 4.69) is 4.90 Å². The van der Waals surface area contributed by atoms with E-state index in [0.717, 1.165) is 11.3 Å². The molecule has 0 bridgehead atoms. The van der Waals surface area contributed by atoms with Crippen LogP contribution in [-0.4, -0.2) is 33.3 Å². The summed E-state index contributed by atoms with van der Waals surface area (Å²) < 4.78 is 24.3. The van der Waals surface area contributed by atoms with Crippen LogP contribution in [-0.2, 0) is 9.84 Å². The van der Waals surface area contributed by atoms with Crippen LogP contribution < -0.4 is 10.6 Å². The van der Waals surface area contributed by atoms with E-state index < -0.39 is 9.84 Å². The van der Waals surface area contributed by atoms with Crippen molar-refractivity contribution in [3.05, 3.63) is 23.8 Å². The van der Waals surface area contributed by atoms with E-state index in [1.807, 2.05) is 26.0 Å². The summed E-state index contributed by atoms with van der Waals surface area (Å²) in [6, 6.07) is 5.56. The molecule has 1 aliphatic rings. The Kier molecular flexibility index (Phi) is 3.14. The number of hydrogen-bond donors (Lipinski definition) is 1. The van der Waals surface area contributed by atoms with Gasteiger partial charge in [0.05, 0.1) is 16.3 Å². The van der Waals surface area contributed by atoms with Gasteiger partial charge in [-0.3, -0.25) is 0 Å². The molecule has 2 rings (SSSR count). The smallest absolute Gasteiger partial charge is 0.182 e. The molecule has 1 aromatic carbocycles. The molecule has 94 valence electrons. The number of fused-ring (bicyclic) bond motifs is 1. The van der Waals surface area contributed by atoms with Crippen molar-refractivity contribution in [2.45, 2.75) is 24.8 Å². The largest absolute Gasteiger partial charge is 0.365 e. The first-order valence-corrected chi connectivity index (χ1v) is 7.41. The Bertz CT molecular complexity index is 525. The molecule has 4 nitrogen and oxygen atoms in total. The zero-order valence-corrected chi connectivity index (χ0v) is 11.0. The summed E-state index contributed by atoms with van der Waals surface area (Å²) in [5, 5.41) is 0. The lowest BCUT2D eigenvalue weighted by Crippen LogP contribution is -2.45. The zero-order chi connectivity index (χ0) is 12.6. The first-order valence-electron chi connectivity index (χ1n) is 5.76. The summed E-state index contributed by atoms with van der Waals surface area (Å²) in [5.74, 6) is 0.170. The van der Waals surface area contributed by atoms with Crippen LogP contribution in [0.5, 0.6) is 0 Å². The van der Waals surface area contributed by atoms with Crippen LogP contribution in [0.1, 0.15) is 12.5 Å². The second-order valence-corrected chi connectivity index (χ2v) is 6.59. The molecule has 1 aliphatic heterocycles. The predicted molar refractivity (Wildman–Crippen MR) is 69.1 cm³/mol. The van der Waals surface area contributed by atoms with Crippen molar-refractivity contribution >= 4 is 15.5 Å². The lowest BCUT2D eigenvalue weighted by Gasteiger charge is -2.36. The average Bonchev–Trinajstić information content (AvgIpc) is 2.24. The Hall–Kier alpha value is -1.07. The lowest BCUT2D eigenvalue weighted by molar-refractivity contribution is 0.572. The minimum absolute atomic E-state index is 0.0150. The quantitative estimate of drug-likeness (QED) is 0.853. The van der Waals surface area contributed by atoms with Gasteiger partial charge in [0.1, 0.15) is 0 Å². The average molecular weight is 254 g/mol. The summed E-state index contributed by atoms with van der Waals surface area (Å²) in [6.45, 7) is 5.04. The van der Waals surface area contributed by atoms with E-state index in [9.17, 15) is 8.42 Å². The van der Waals surface area contributed by atoms with Crippen LogP contribution in [0.4, 0.5) is 5.69 Å². The van der Waals surface area contributed by atoms with E-state index in [4.69, 9.17) is 5.73 Å². The molecule has 0 amide bonds. The van der Waals surface area contributed by atoms with Gasteiger partial charge in [-0.25, -0.2) is 8.42 Å². The van der Waals surface area contributed by atoms with Gasteiger partial charge in [0, 0.05) is 19.1 Å². The molecule has 17 heavy (non-hydrogen) atoms. The molecule has 0 fully saturated rings. The highest BCUT2D eigenvalue weighted by molar-refractivity contribution is 7.91. The molecule has 0 saturated carbocycles. The van der Waals surface area contributed by atoms with Crippen molar-refractivity contribution in [2.24, 2.45) is 5.73 Å². The molecule has 0 saturated heterocycles. The van der Waals surface area contributed by atoms with Crippen molar-refractivity contribution in [1.82, 2.24) is 0 Å². The van der Waals surface area contributed by atoms with Gasteiger partial charge in [0.15, 0.2) is 9.84 Å². The minimum Gasteiger partial charge on any atom is -0.365 e. The summed E-state index contributed by atoms with van der Waals surface area (Å²) in [7, 11) is -3.15. The highest BCUT2D eigenvalue weighted by Gasteiger charge is 2.32. The van der Waals surface area contributed by atoms with Crippen molar-refractivity contribution in [2.75, 3.05) is 23.7 Å². The molecule has 1 aromatic rings. The molecule has 0 aromatic heterocycles. The standard InChI is InChI=1S/C12H18N2O2S/c1-9-3-4-11-12(7-9)17(15,16)8-10(2)14(11)6-5-13/h3-4,7,10H,5-6,8,13H2,1-2H3. The fraction of sp³-hybridized carbons (Fsp3) is 0.500. The number of anilines is 1. The predicted octanol–water partition coefficient (Wildman–Crippen LogP) is 0.936. The maximum atomic E-state index is 12.1. The minimum atomic E-state index is -3.15. The van der Waals surface area contributed by atoms with Crippen molar-refractivity contribution in [3.8, 4) is 0 Å². The van der Waals surface area contributed by atoms with Gasteiger partial charge in [-0.15, -0.1) is 0 Å². The van der Waals surface area contributed by atoms with Crippen LogP contribution in [0.3, 0.4) is 0 Å². The third-order valence-corrected chi connectivity index (χ3v) is 5.04. The summed E-state index contributed by atoms with van der Waals surface area (Å²) in [6.07, 6.45) is 0. The fourth-order valence-electron chi connectivity index (χ4n) is 2.32. The van der Waals surface area contributed by atoms with Gasteiger partial charge in [0.2, 0.25) is 0 Å². The molecule has 5 heteroatoms. The number of rotatable bonds is 2. The SMILES string of the molecule is Cc1ccc2c(c1)S(=O)(=O)CC(C)N2CCN. The van der Waals surface area contributed by atoms with Crippen LogP contribution >= 0.6 is 0 Å². The Morgan fingerprint density at radius 1 is 1.47 bits per heavy atom. The first-order chi connectivity index (χ1) is 7.95. The fourth-order valence-corrected chi connectivity index (χ4v) is 4.19. The van der Waals surface area contributed by atoms with Crippen molar-refractivity contribution < 1.29 is 8.42 Å². The van der Waals surface area contributed by atoms with Crippen LogP contribution in [0.2, 0.25) is 0 Å². The molecular formula is C12H18N2O2S. The first kappa shape index (κ1) is 12.4.